The maximum Gasteiger partial charge on any atom is 0.317 e. The lowest BCUT2D eigenvalue weighted by atomic mass is 9.85. The van der Waals surface area contributed by atoms with Crippen LogP contribution in [0.3, 0.4) is 0 Å². The second kappa shape index (κ2) is 7.34. The summed E-state index contributed by atoms with van der Waals surface area (Å²) in [5.41, 5.74) is 0.475. The van der Waals surface area contributed by atoms with E-state index in [2.05, 4.69) is 10.4 Å². The molecule has 2 aliphatic rings. The number of likely N-dealkylation sites (N-methyl/N-ethyl adjacent to an activating group) is 1. The molecule has 2 N–H and O–H groups in total. The van der Waals surface area contributed by atoms with Gasteiger partial charge in [-0.15, -0.1) is 0 Å². The number of carbonyl (C=O) groups excluding carboxylic acids is 1. The lowest BCUT2D eigenvalue weighted by molar-refractivity contribution is -0.139. The van der Waals surface area contributed by atoms with E-state index in [9.17, 15) is 9.59 Å². The zero-order chi connectivity index (χ0) is 17.1. The van der Waals surface area contributed by atoms with Gasteiger partial charge in [-0.25, -0.2) is 0 Å². The first-order chi connectivity index (χ1) is 11.6. The topological polar surface area (TPSA) is 87.5 Å². The van der Waals surface area contributed by atoms with E-state index in [1.165, 1.54) is 12.8 Å². The van der Waals surface area contributed by atoms with Gasteiger partial charge in [0.15, 0.2) is 0 Å². The highest BCUT2D eigenvalue weighted by Crippen LogP contribution is 2.29. The number of carboxylic acids is 1. The predicted molar refractivity (Wildman–Crippen MR) is 88.9 cm³/mol. The standard InChI is InChI=1S/C17H26N4O3/c1-2-20(11-16(22)23)14-9-12(10-14)18-17(24)15-7-8-21(19-15)13-5-3-4-6-13/h7-8,12-14H,2-6,9-11H2,1H3,(H,18,24)(H,22,23). The number of aliphatic carboxylic acids is 1. The molecule has 2 aliphatic carbocycles. The number of amides is 1. The fourth-order valence-corrected chi connectivity index (χ4v) is 3.77. The first-order valence-electron chi connectivity index (χ1n) is 8.88. The Morgan fingerprint density at radius 1 is 1.38 bits per heavy atom. The quantitative estimate of drug-likeness (QED) is 0.792. The van der Waals surface area contributed by atoms with Crippen LogP contribution in [0.25, 0.3) is 0 Å². The SMILES string of the molecule is CCN(CC(=O)O)C1CC(NC(=O)c2ccn(C3CCCC3)n2)C1. The van der Waals surface area contributed by atoms with Crippen LogP contribution in [0.2, 0.25) is 0 Å². The van der Waals surface area contributed by atoms with Gasteiger partial charge in [0.2, 0.25) is 0 Å². The summed E-state index contributed by atoms with van der Waals surface area (Å²) in [6.45, 7) is 2.74. The van der Waals surface area contributed by atoms with Gasteiger partial charge in [-0.05, 0) is 38.3 Å². The number of hydrogen-bond donors (Lipinski definition) is 2. The van der Waals surface area contributed by atoms with Crippen LogP contribution in [-0.2, 0) is 4.79 Å². The summed E-state index contributed by atoms with van der Waals surface area (Å²) in [5.74, 6) is -0.932. The summed E-state index contributed by atoms with van der Waals surface area (Å²) < 4.78 is 1.93. The highest BCUT2D eigenvalue weighted by molar-refractivity contribution is 5.92. The number of aromatic nitrogens is 2. The molecule has 1 aromatic heterocycles. The third-order valence-electron chi connectivity index (χ3n) is 5.25. The summed E-state index contributed by atoms with van der Waals surface area (Å²) in [6.07, 6.45) is 8.26. The molecule has 24 heavy (non-hydrogen) atoms. The molecular weight excluding hydrogens is 308 g/mol. The molecule has 2 fully saturated rings. The third kappa shape index (κ3) is 3.77. The van der Waals surface area contributed by atoms with Crippen LogP contribution in [0.1, 0.15) is 62.0 Å². The molecule has 3 rings (SSSR count). The maximum atomic E-state index is 12.3. The molecule has 1 aromatic rings. The van der Waals surface area contributed by atoms with Gasteiger partial charge in [-0.3, -0.25) is 19.2 Å². The second-order valence-electron chi connectivity index (χ2n) is 6.87. The smallest absolute Gasteiger partial charge is 0.317 e. The van der Waals surface area contributed by atoms with Gasteiger partial charge in [-0.1, -0.05) is 19.8 Å². The maximum absolute atomic E-state index is 12.3. The normalized spacial score (nSPS) is 24.1. The molecule has 0 aliphatic heterocycles. The van der Waals surface area contributed by atoms with Crippen molar-refractivity contribution >= 4 is 11.9 Å². The molecule has 0 spiro atoms. The third-order valence-corrected chi connectivity index (χ3v) is 5.25. The van der Waals surface area contributed by atoms with E-state index in [0.717, 1.165) is 25.7 Å². The van der Waals surface area contributed by atoms with Gasteiger partial charge in [0.05, 0.1) is 12.6 Å². The molecule has 0 bridgehead atoms. The predicted octanol–water partition coefficient (Wildman–Crippen LogP) is 1.67. The average molecular weight is 334 g/mol. The van der Waals surface area contributed by atoms with E-state index in [4.69, 9.17) is 5.11 Å². The number of carboxylic acid groups (broad SMARTS) is 1. The zero-order valence-corrected chi connectivity index (χ0v) is 14.1. The van der Waals surface area contributed by atoms with Crippen LogP contribution in [-0.4, -0.2) is 56.8 Å². The largest absolute Gasteiger partial charge is 0.480 e. The van der Waals surface area contributed by atoms with E-state index < -0.39 is 5.97 Å². The van der Waals surface area contributed by atoms with Crippen LogP contribution in [0.5, 0.6) is 0 Å². The summed E-state index contributed by atoms with van der Waals surface area (Å²) >= 11 is 0. The summed E-state index contributed by atoms with van der Waals surface area (Å²) in [5, 5.41) is 16.4. The van der Waals surface area contributed by atoms with Crippen molar-refractivity contribution in [2.45, 2.75) is 63.6 Å². The molecule has 132 valence electrons. The van der Waals surface area contributed by atoms with E-state index >= 15 is 0 Å². The molecule has 0 unspecified atom stereocenters. The Labute approximate surface area is 142 Å². The van der Waals surface area contributed by atoms with Crippen molar-refractivity contribution in [1.29, 1.82) is 0 Å². The van der Waals surface area contributed by atoms with Crippen molar-refractivity contribution in [2.24, 2.45) is 0 Å². The minimum Gasteiger partial charge on any atom is -0.480 e. The molecule has 1 amide bonds. The lowest BCUT2D eigenvalue weighted by Gasteiger charge is -2.42. The van der Waals surface area contributed by atoms with Crippen LogP contribution in [0, 0.1) is 0 Å². The lowest BCUT2D eigenvalue weighted by Crippen LogP contribution is -2.54. The molecule has 0 atom stereocenters. The first kappa shape index (κ1) is 17.0. The Morgan fingerprint density at radius 2 is 2.08 bits per heavy atom. The fraction of sp³-hybridized carbons (Fsp3) is 0.706. The van der Waals surface area contributed by atoms with E-state index in [1.54, 1.807) is 6.07 Å². The number of nitrogens with one attached hydrogen (secondary N) is 1. The van der Waals surface area contributed by atoms with Crippen molar-refractivity contribution < 1.29 is 14.7 Å². The van der Waals surface area contributed by atoms with Crippen molar-refractivity contribution in [3.63, 3.8) is 0 Å². The van der Waals surface area contributed by atoms with Gasteiger partial charge < -0.3 is 10.4 Å². The van der Waals surface area contributed by atoms with Gasteiger partial charge in [0, 0.05) is 18.3 Å². The number of rotatable bonds is 7. The molecule has 2 saturated carbocycles. The van der Waals surface area contributed by atoms with Gasteiger partial charge in [0.1, 0.15) is 5.69 Å². The van der Waals surface area contributed by atoms with Crippen molar-refractivity contribution in [2.75, 3.05) is 13.1 Å². The van der Waals surface area contributed by atoms with Crippen LogP contribution >= 0.6 is 0 Å². The summed E-state index contributed by atoms with van der Waals surface area (Å²) in [6, 6.07) is 2.58. The monoisotopic (exact) mass is 334 g/mol. The first-order valence-corrected chi connectivity index (χ1v) is 8.88. The highest BCUT2D eigenvalue weighted by atomic mass is 16.4. The Balaban J connectivity index is 1.47. The van der Waals surface area contributed by atoms with Gasteiger partial charge in [0.25, 0.3) is 5.91 Å². The Bertz CT molecular complexity index is 588. The van der Waals surface area contributed by atoms with Crippen molar-refractivity contribution in [3.05, 3.63) is 18.0 Å². The Kier molecular flexibility index (Phi) is 5.18. The molecule has 1 heterocycles. The zero-order valence-electron chi connectivity index (χ0n) is 14.1. The molecule has 0 aromatic carbocycles. The van der Waals surface area contributed by atoms with Crippen molar-refractivity contribution in [3.8, 4) is 0 Å². The van der Waals surface area contributed by atoms with Crippen molar-refractivity contribution in [1.82, 2.24) is 20.0 Å². The number of hydrogen-bond acceptors (Lipinski definition) is 4. The Morgan fingerprint density at radius 3 is 2.71 bits per heavy atom. The molecule has 7 nitrogen and oxygen atoms in total. The van der Waals surface area contributed by atoms with E-state index in [-0.39, 0.29) is 24.5 Å². The minimum atomic E-state index is -0.804. The summed E-state index contributed by atoms with van der Waals surface area (Å²) in [4.78, 5) is 25.1. The van der Waals surface area contributed by atoms with E-state index in [0.29, 0.717) is 18.3 Å². The van der Waals surface area contributed by atoms with Crippen LogP contribution in [0.15, 0.2) is 12.3 Å². The molecule has 0 saturated heterocycles. The molecule has 0 radical (unpaired) electrons. The number of carbonyl (C=O) groups is 2. The average Bonchev–Trinajstić information content (AvgIpc) is 3.18. The van der Waals surface area contributed by atoms with Crippen LogP contribution < -0.4 is 5.32 Å². The number of nitrogens with zero attached hydrogens (tertiary/aromatic N) is 3. The summed E-state index contributed by atoms with van der Waals surface area (Å²) in [7, 11) is 0. The van der Waals surface area contributed by atoms with E-state index in [1.807, 2.05) is 22.7 Å². The molecule has 7 heteroatoms. The highest BCUT2D eigenvalue weighted by Gasteiger charge is 2.35. The van der Waals surface area contributed by atoms with Gasteiger partial charge in [-0.2, -0.15) is 5.10 Å². The van der Waals surface area contributed by atoms with Crippen LogP contribution in [0.4, 0.5) is 0 Å². The molecular formula is C17H26N4O3. The fourth-order valence-electron chi connectivity index (χ4n) is 3.77. The Hall–Kier alpha value is -1.89. The van der Waals surface area contributed by atoms with Gasteiger partial charge >= 0.3 is 5.97 Å². The second-order valence-corrected chi connectivity index (χ2v) is 6.87. The minimum absolute atomic E-state index is 0.0631.